The van der Waals surface area contributed by atoms with Crippen LogP contribution in [0.5, 0.6) is 0 Å². The minimum absolute atomic E-state index is 0.599. The largest absolute Gasteiger partial charge is 0.377 e. The molecule has 0 spiro atoms. The normalized spacial score (nSPS) is 10.1. The van der Waals surface area contributed by atoms with E-state index >= 15 is 0 Å². The van der Waals surface area contributed by atoms with Gasteiger partial charge in [-0.1, -0.05) is 12.1 Å². The van der Waals surface area contributed by atoms with Crippen LogP contribution in [-0.2, 0) is 17.8 Å². The molecular formula is C16H16N2O. The molecule has 3 heteroatoms. The van der Waals surface area contributed by atoms with Gasteiger partial charge in [-0.25, -0.2) is 0 Å². The summed E-state index contributed by atoms with van der Waals surface area (Å²) in [6.07, 6.45) is 5.63. The fourth-order valence-electron chi connectivity index (χ4n) is 1.79. The Bertz CT molecular complexity index is 529. The summed E-state index contributed by atoms with van der Waals surface area (Å²) >= 11 is 0. The molecule has 0 N–H and O–H groups in total. The fraction of sp³-hybridized carbons (Fsp3) is 0.250. The molecule has 0 fully saturated rings. The van der Waals surface area contributed by atoms with Gasteiger partial charge in [0, 0.05) is 19.0 Å². The van der Waals surface area contributed by atoms with E-state index in [1.54, 1.807) is 0 Å². The first-order chi connectivity index (χ1) is 9.38. The second kappa shape index (κ2) is 7.30. The second-order valence-corrected chi connectivity index (χ2v) is 4.32. The zero-order valence-corrected chi connectivity index (χ0v) is 10.7. The lowest BCUT2D eigenvalue weighted by Gasteiger charge is -2.04. The van der Waals surface area contributed by atoms with E-state index in [1.165, 1.54) is 5.56 Å². The molecule has 0 unspecified atom stereocenters. The molecule has 3 nitrogen and oxygen atoms in total. The van der Waals surface area contributed by atoms with Crippen LogP contribution < -0.4 is 0 Å². The van der Waals surface area contributed by atoms with E-state index in [0.717, 1.165) is 25.0 Å². The first kappa shape index (κ1) is 13.3. The number of hydrogen-bond acceptors (Lipinski definition) is 3. The number of nitriles is 1. The molecule has 0 saturated carbocycles. The van der Waals surface area contributed by atoms with Gasteiger partial charge in [0.1, 0.15) is 0 Å². The van der Waals surface area contributed by atoms with Crippen molar-refractivity contribution in [2.75, 3.05) is 6.61 Å². The quantitative estimate of drug-likeness (QED) is 0.742. The molecule has 0 bridgehead atoms. The van der Waals surface area contributed by atoms with Crippen molar-refractivity contribution in [1.82, 2.24) is 4.98 Å². The van der Waals surface area contributed by atoms with Crippen LogP contribution >= 0.6 is 0 Å². The number of benzene rings is 1. The predicted molar refractivity (Wildman–Crippen MR) is 73.4 cm³/mol. The van der Waals surface area contributed by atoms with Crippen LogP contribution in [0.15, 0.2) is 48.8 Å². The first-order valence-corrected chi connectivity index (χ1v) is 6.34. The lowest BCUT2D eigenvalue weighted by atomic mass is 10.1. The van der Waals surface area contributed by atoms with Crippen LogP contribution in [0, 0.1) is 11.3 Å². The average molecular weight is 252 g/mol. The van der Waals surface area contributed by atoms with Gasteiger partial charge in [0.05, 0.1) is 18.2 Å². The highest BCUT2D eigenvalue weighted by molar-refractivity contribution is 5.31. The SMILES string of the molecule is N#Cc1ccc(COCCCc2ccncc2)cc1. The van der Waals surface area contributed by atoms with Crippen LogP contribution in [-0.4, -0.2) is 11.6 Å². The molecular weight excluding hydrogens is 236 g/mol. The van der Waals surface area contributed by atoms with Gasteiger partial charge in [-0.15, -0.1) is 0 Å². The Hall–Kier alpha value is -2.18. The molecule has 0 aliphatic carbocycles. The van der Waals surface area contributed by atoms with E-state index in [4.69, 9.17) is 10.00 Å². The molecule has 1 heterocycles. The van der Waals surface area contributed by atoms with Gasteiger partial charge in [0.25, 0.3) is 0 Å². The van der Waals surface area contributed by atoms with Crippen molar-refractivity contribution in [3.8, 4) is 6.07 Å². The molecule has 2 aromatic rings. The highest BCUT2D eigenvalue weighted by Crippen LogP contribution is 2.06. The third-order valence-electron chi connectivity index (χ3n) is 2.86. The molecule has 0 radical (unpaired) electrons. The van der Waals surface area contributed by atoms with Crippen LogP contribution in [0.3, 0.4) is 0 Å². The topological polar surface area (TPSA) is 45.9 Å². The molecule has 0 atom stereocenters. The molecule has 0 aliphatic rings. The molecule has 19 heavy (non-hydrogen) atoms. The van der Waals surface area contributed by atoms with Gasteiger partial charge < -0.3 is 4.74 Å². The van der Waals surface area contributed by atoms with E-state index in [-0.39, 0.29) is 0 Å². The minimum atomic E-state index is 0.599. The Morgan fingerprint density at radius 1 is 1.00 bits per heavy atom. The van der Waals surface area contributed by atoms with Crippen molar-refractivity contribution in [3.05, 3.63) is 65.5 Å². The van der Waals surface area contributed by atoms with Gasteiger partial charge >= 0.3 is 0 Å². The number of aromatic nitrogens is 1. The summed E-state index contributed by atoms with van der Waals surface area (Å²) in [5, 5.41) is 8.70. The Kier molecular flexibility index (Phi) is 5.09. The molecule has 2 rings (SSSR count). The van der Waals surface area contributed by atoms with E-state index in [0.29, 0.717) is 12.2 Å². The van der Waals surface area contributed by atoms with Crippen molar-refractivity contribution in [1.29, 1.82) is 5.26 Å². The van der Waals surface area contributed by atoms with Gasteiger partial charge in [-0.2, -0.15) is 5.26 Å². The van der Waals surface area contributed by atoms with Gasteiger partial charge in [-0.05, 0) is 48.2 Å². The maximum absolute atomic E-state index is 8.70. The zero-order valence-electron chi connectivity index (χ0n) is 10.7. The second-order valence-electron chi connectivity index (χ2n) is 4.32. The van der Waals surface area contributed by atoms with E-state index in [9.17, 15) is 0 Å². The summed E-state index contributed by atoms with van der Waals surface area (Å²) in [6, 6.07) is 13.7. The van der Waals surface area contributed by atoms with Gasteiger partial charge in [-0.3, -0.25) is 4.98 Å². The Morgan fingerprint density at radius 2 is 1.74 bits per heavy atom. The smallest absolute Gasteiger partial charge is 0.0991 e. The monoisotopic (exact) mass is 252 g/mol. The summed E-state index contributed by atoms with van der Waals surface area (Å²) in [5.41, 5.74) is 3.07. The average Bonchev–Trinajstić information content (AvgIpc) is 2.49. The summed E-state index contributed by atoms with van der Waals surface area (Å²) in [5.74, 6) is 0. The molecule has 0 aliphatic heterocycles. The van der Waals surface area contributed by atoms with Crippen LogP contribution in [0.25, 0.3) is 0 Å². The molecule has 0 saturated heterocycles. The molecule has 96 valence electrons. The van der Waals surface area contributed by atoms with Crippen molar-refractivity contribution >= 4 is 0 Å². The number of rotatable bonds is 6. The minimum Gasteiger partial charge on any atom is -0.377 e. The number of nitrogens with zero attached hydrogens (tertiary/aromatic N) is 2. The summed E-state index contributed by atoms with van der Waals surface area (Å²) < 4.78 is 5.62. The summed E-state index contributed by atoms with van der Waals surface area (Å²) in [6.45, 7) is 1.34. The highest BCUT2D eigenvalue weighted by Gasteiger charge is 1.96. The maximum atomic E-state index is 8.70. The van der Waals surface area contributed by atoms with Gasteiger partial charge in [0.15, 0.2) is 0 Å². The molecule has 0 amide bonds. The van der Waals surface area contributed by atoms with E-state index < -0.39 is 0 Å². The lowest BCUT2D eigenvalue weighted by Crippen LogP contribution is -1.97. The van der Waals surface area contributed by atoms with E-state index in [1.807, 2.05) is 48.8 Å². The Balaban J connectivity index is 1.65. The number of aryl methyl sites for hydroxylation is 1. The first-order valence-electron chi connectivity index (χ1n) is 6.34. The third-order valence-corrected chi connectivity index (χ3v) is 2.86. The summed E-state index contributed by atoms with van der Waals surface area (Å²) in [4.78, 5) is 3.99. The Morgan fingerprint density at radius 3 is 2.42 bits per heavy atom. The molecule has 1 aromatic carbocycles. The predicted octanol–water partition coefficient (Wildman–Crippen LogP) is 3.10. The maximum Gasteiger partial charge on any atom is 0.0991 e. The van der Waals surface area contributed by atoms with Crippen molar-refractivity contribution < 1.29 is 4.74 Å². The van der Waals surface area contributed by atoms with Crippen LogP contribution in [0.1, 0.15) is 23.1 Å². The Labute approximate surface area is 113 Å². The lowest BCUT2D eigenvalue weighted by molar-refractivity contribution is 0.118. The van der Waals surface area contributed by atoms with Crippen LogP contribution in [0.4, 0.5) is 0 Å². The van der Waals surface area contributed by atoms with Crippen molar-refractivity contribution in [2.45, 2.75) is 19.4 Å². The zero-order chi connectivity index (χ0) is 13.3. The summed E-state index contributed by atoms with van der Waals surface area (Å²) in [7, 11) is 0. The highest BCUT2D eigenvalue weighted by atomic mass is 16.5. The van der Waals surface area contributed by atoms with Crippen molar-refractivity contribution in [3.63, 3.8) is 0 Å². The van der Waals surface area contributed by atoms with Crippen LogP contribution in [0.2, 0.25) is 0 Å². The standard InChI is InChI=1S/C16H16N2O/c17-12-15-3-5-16(6-4-15)13-19-11-1-2-14-7-9-18-10-8-14/h3-10H,1-2,11,13H2. The van der Waals surface area contributed by atoms with Crippen molar-refractivity contribution in [2.24, 2.45) is 0 Å². The molecule has 1 aromatic heterocycles. The fourth-order valence-corrected chi connectivity index (χ4v) is 1.79. The third kappa shape index (κ3) is 4.53. The van der Waals surface area contributed by atoms with E-state index in [2.05, 4.69) is 11.1 Å². The van der Waals surface area contributed by atoms with Gasteiger partial charge in [0.2, 0.25) is 0 Å². The number of pyridine rings is 1. The number of ether oxygens (including phenoxy) is 1. The number of hydrogen-bond donors (Lipinski definition) is 0.